The van der Waals surface area contributed by atoms with Crippen molar-refractivity contribution in [3.8, 4) is 0 Å². The summed E-state index contributed by atoms with van der Waals surface area (Å²) < 4.78 is 11.3. The van der Waals surface area contributed by atoms with Crippen molar-refractivity contribution < 1.29 is 14.3 Å². The van der Waals surface area contributed by atoms with Gasteiger partial charge in [-0.05, 0) is 50.3 Å². The van der Waals surface area contributed by atoms with E-state index in [1.807, 2.05) is 36.0 Å². The maximum atomic E-state index is 12.6. The molecule has 3 unspecified atom stereocenters. The highest BCUT2D eigenvalue weighted by Crippen LogP contribution is 2.36. The Morgan fingerprint density at radius 2 is 2.15 bits per heavy atom. The minimum Gasteiger partial charge on any atom is -0.367 e. The quantitative estimate of drug-likeness (QED) is 0.328. The van der Waals surface area contributed by atoms with E-state index in [0.717, 1.165) is 55.0 Å². The van der Waals surface area contributed by atoms with Crippen molar-refractivity contribution in [1.82, 2.24) is 16.0 Å². The van der Waals surface area contributed by atoms with Gasteiger partial charge in [0.2, 0.25) is 5.91 Å². The second-order valence-electron chi connectivity index (χ2n) is 8.66. The van der Waals surface area contributed by atoms with Crippen LogP contribution in [0.4, 0.5) is 0 Å². The first-order valence-corrected chi connectivity index (χ1v) is 13.2. The number of nitrogens with one attached hydrogen (secondary N) is 3. The molecule has 1 amide bonds. The highest BCUT2D eigenvalue weighted by Gasteiger charge is 2.31. The monoisotopic (exact) mass is 504 g/mol. The van der Waals surface area contributed by atoms with Gasteiger partial charge in [-0.15, -0.1) is 11.8 Å². The summed E-state index contributed by atoms with van der Waals surface area (Å²) in [4.78, 5) is 17.3. The normalized spacial score (nSPS) is 24.6. The topological polar surface area (TPSA) is 84.0 Å². The third-order valence-corrected chi connectivity index (χ3v) is 7.42. The van der Waals surface area contributed by atoms with Crippen LogP contribution >= 0.6 is 23.4 Å². The number of hydrogen-bond acceptors (Lipinski definition) is 7. The van der Waals surface area contributed by atoms with Crippen LogP contribution in [0.25, 0.3) is 0 Å². The van der Waals surface area contributed by atoms with Gasteiger partial charge >= 0.3 is 0 Å². The SMILES string of the molecule is CC1=NC2CC=C(N/C(=C/C(=O)NCCOC3CCCCO3)NCc3ccc(Cl)cc3)CC2S1. The smallest absolute Gasteiger partial charge is 0.247 e. The van der Waals surface area contributed by atoms with E-state index in [9.17, 15) is 4.79 Å². The molecule has 4 rings (SSSR count). The summed E-state index contributed by atoms with van der Waals surface area (Å²) in [6.45, 7) is 4.25. The van der Waals surface area contributed by atoms with Crippen LogP contribution in [0.5, 0.6) is 0 Å². The number of amides is 1. The summed E-state index contributed by atoms with van der Waals surface area (Å²) in [5, 5.41) is 12.0. The van der Waals surface area contributed by atoms with E-state index in [1.165, 1.54) is 0 Å². The van der Waals surface area contributed by atoms with Gasteiger partial charge in [0.25, 0.3) is 0 Å². The molecule has 0 radical (unpaired) electrons. The molecule has 184 valence electrons. The van der Waals surface area contributed by atoms with E-state index in [4.69, 9.17) is 26.1 Å². The molecule has 1 saturated heterocycles. The molecule has 1 fully saturated rings. The van der Waals surface area contributed by atoms with E-state index < -0.39 is 0 Å². The van der Waals surface area contributed by atoms with E-state index >= 15 is 0 Å². The molecule has 1 aliphatic carbocycles. The molecule has 9 heteroatoms. The largest absolute Gasteiger partial charge is 0.367 e. The van der Waals surface area contributed by atoms with Crippen LogP contribution in [0.15, 0.2) is 52.9 Å². The second kappa shape index (κ2) is 12.6. The summed E-state index contributed by atoms with van der Waals surface area (Å²) in [7, 11) is 0. The fourth-order valence-electron chi connectivity index (χ4n) is 4.19. The number of carbonyl (C=O) groups excluding carboxylic acids is 1. The summed E-state index contributed by atoms with van der Waals surface area (Å²) in [6.07, 6.45) is 8.54. The van der Waals surface area contributed by atoms with Crippen LogP contribution in [0.2, 0.25) is 5.02 Å². The highest BCUT2D eigenvalue weighted by molar-refractivity contribution is 8.14. The molecule has 3 N–H and O–H groups in total. The molecule has 0 aromatic heterocycles. The van der Waals surface area contributed by atoms with Gasteiger partial charge in [0.15, 0.2) is 6.29 Å². The molecule has 0 saturated carbocycles. The van der Waals surface area contributed by atoms with Crippen molar-refractivity contribution in [2.24, 2.45) is 4.99 Å². The standard InChI is InChI=1S/C25H33ClN4O3S/c1-17-29-21-10-9-20(14-22(21)34-17)30-23(28-16-18-5-7-19(26)8-6-18)15-24(31)27-11-13-33-25-4-2-3-12-32-25/h5-9,15,21-22,25,28,30H,2-4,10-14,16H2,1H3,(H,27,31)/b23-15+. The van der Waals surface area contributed by atoms with Crippen molar-refractivity contribution in [3.05, 3.63) is 58.5 Å². The first kappa shape index (κ1) is 25.1. The van der Waals surface area contributed by atoms with Crippen molar-refractivity contribution in [2.75, 3.05) is 19.8 Å². The molecule has 2 heterocycles. The molecule has 34 heavy (non-hydrogen) atoms. The number of fused-ring (bicyclic) bond motifs is 1. The summed E-state index contributed by atoms with van der Waals surface area (Å²) in [5.74, 6) is 0.484. The summed E-state index contributed by atoms with van der Waals surface area (Å²) in [5.41, 5.74) is 2.19. The third-order valence-electron chi connectivity index (χ3n) is 5.94. The predicted octanol–water partition coefficient (Wildman–Crippen LogP) is 4.10. The first-order valence-electron chi connectivity index (χ1n) is 11.9. The van der Waals surface area contributed by atoms with Gasteiger partial charge in [-0.2, -0.15) is 0 Å². The molecule has 1 aromatic rings. The van der Waals surface area contributed by atoms with Gasteiger partial charge in [0, 0.05) is 48.2 Å². The Kier molecular flexibility index (Phi) is 9.33. The van der Waals surface area contributed by atoms with E-state index in [0.29, 0.717) is 41.8 Å². The van der Waals surface area contributed by atoms with Crippen LogP contribution < -0.4 is 16.0 Å². The fraction of sp³-hybridized carbons (Fsp3) is 0.520. The molecule has 2 aliphatic heterocycles. The van der Waals surface area contributed by atoms with Crippen molar-refractivity contribution in [2.45, 2.75) is 63.2 Å². The van der Waals surface area contributed by atoms with Crippen LogP contribution in [0.3, 0.4) is 0 Å². The zero-order valence-electron chi connectivity index (χ0n) is 19.5. The number of ether oxygens (including phenoxy) is 2. The molecular formula is C25H33ClN4O3S. The Morgan fingerprint density at radius 1 is 1.29 bits per heavy atom. The Bertz CT molecular complexity index is 929. The van der Waals surface area contributed by atoms with Gasteiger partial charge < -0.3 is 25.4 Å². The highest BCUT2D eigenvalue weighted by atomic mass is 35.5. The zero-order valence-corrected chi connectivity index (χ0v) is 21.1. The van der Waals surface area contributed by atoms with Crippen LogP contribution in [-0.4, -0.2) is 48.3 Å². The number of carbonyl (C=O) groups is 1. The van der Waals surface area contributed by atoms with Gasteiger partial charge in [-0.25, -0.2) is 0 Å². The number of rotatable bonds is 10. The van der Waals surface area contributed by atoms with Gasteiger partial charge in [0.05, 0.1) is 17.7 Å². The maximum Gasteiger partial charge on any atom is 0.247 e. The number of hydrogen-bond donors (Lipinski definition) is 3. The van der Waals surface area contributed by atoms with E-state index in [1.54, 1.807) is 6.08 Å². The molecular weight excluding hydrogens is 472 g/mol. The molecule has 7 nitrogen and oxygen atoms in total. The summed E-state index contributed by atoms with van der Waals surface area (Å²) in [6, 6.07) is 8.03. The third kappa shape index (κ3) is 7.77. The minimum absolute atomic E-state index is 0.150. The number of thioether (sulfide) groups is 1. The molecule has 3 aliphatic rings. The van der Waals surface area contributed by atoms with Gasteiger partial charge in [-0.3, -0.25) is 9.79 Å². The van der Waals surface area contributed by atoms with Crippen molar-refractivity contribution >= 4 is 34.3 Å². The van der Waals surface area contributed by atoms with Crippen molar-refractivity contribution in [3.63, 3.8) is 0 Å². The average molecular weight is 505 g/mol. The lowest BCUT2D eigenvalue weighted by atomic mass is 9.99. The maximum absolute atomic E-state index is 12.6. The molecule has 1 aromatic carbocycles. The fourth-order valence-corrected chi connectivity index (χ4v) is 5.54. The zero-order chi connectivity index (χ0) is 23.8. The number of benzene rings is 1. The average Bonchev–Trinajstić information content (AvgIpc) is 3.21. The molecule has 3 atom stereocenters. The molecule has 0 spiro atoms. The van der Waals surface area contributed by atoms with Crippen molar-refractivity contribution in [1.29, 1.82) is 0 Å². The predicted molar refractivity (Wildman–Crippen MR) is 138 cm³/mol. The van der Waals surface area contributed by atoms with Crippen LogP contribution in [0.1, 0.15) is 44.6 Å². The Balaban J connectivity index is 1.31. The number of halogens is 1. The molecule has 0 bridgehead atoms. The number of nitrogens with zero attached hydrogens (tertiary/aromatic N) is 1. The Hall–Kier alpha value is -2.00. The van der Waals surface area contributed by atoms with E-state index in [-0.39, 0.29) is 12.2 Å². The lowest BCUT2D eigenvalue weighted by molar-refractivity contribution is -0.161. The van der Waals surface area contributed by atoms with Crippen LogP contribution in [0, 0.1) is 0 Å². The Labute approximate surface area is 210 Å². The van der Waals surface area contributed by atoms with Gasteiger partial charge in [-0.1, -0.05) is 29.8 Å². The number of allylic oxidation sites excluding steroid dienone is 1. The minimum atomic E-state index is -0.178. The second-order valence-corrected chi connectivity index (χ2v) is 10.5. The number of aliphatic imine (C=N–C) groups is 1. The van der Waals surface area contributed by atoms with E-state index in [2.05, 4.69) is 29.0 Å². The van der Waals surface area contributed by atoms with Gasteiger partial charge in [0.1, 0.15) is 5.82 Å². The summed E-state index contributed by atoms with van der Waals surface area (Å²) >= 11 is 7.85. The first-order chi connectivity index (χ1) is 16.5. The van der Waals surface area contributed by atoms with Crippen LogP contribution in [-0.2, 0) is 20.8 Å². The lowest BCUT2D eigenvalue weighted by Crippen LogP contribution is -2.34. The lowest BCUT2D eigenvalue weighted by Gasteiger charge is -2.25. The Morgan fingerprint density at radius 3 is 2.94 bits per heavy atom.